The van der Waals surface area contributed by atoms with E-state index >= 15 is 0 Å². The van der Waals surface area contributed by atoms with Crippen molar-refractivity contribution in [2.75, 3.05) is 118 Å². The number of aromatic nitrogens is 12. The van der Waals surface area contributed by atoms with Crippen molar-refractivity contribution in [2.24, 2.45) is 0 Å². The summed E-state index contributed by atoms with van der Waals surface area (Å²) < 4.78 is 63.3. The zero-order valence-electron chi connectivity index (χ0n) is 59.6. The summed E-state index contributed by atoms with van der Waals surface area (Å²) in [5.41, 5.74) is 19.5. The third-order valence-electron chi connectivity index (χ3n) is 19.7. The number of aliphatic hydroxyl groups excluding tert-OH is 1. The number of nitrogens with two attached hydrogens (primary N) is 2. The second kappa shape index (κ2) is 30.1. The number of benzene rings is 3. The number of halogens is 3. The molecule has 0 unspecified atom stereocenters. The number of nitrogens with one attached hydrogen (secondary N) is 1. The SMILES string of the molecule is CC#Cc1nc2c3cnn(CCN4CCN(c5cc([C@H](C)O)ccc5F)CC4)c3nc(N)n2n1.CC#Cc1nc2c3cnn(CCN4CCN(c5cc([C@H](C)O[Si](C)(C)C(C)(C)C)ccc5F)CC4)c3nc(N)n2n1.C[C@H](O[Si](C)(C)C(C)(C)C)c1ccc(F)c(N2CCNCC2)c1. The molecule has 12 rings (SSSR count). The molecule has 23 nitrogen and oxygen atoms in total. The summed E-state index contributed by atoms with van der Waals surface area (Å²) in [4.78, 5) is 28.9. The van der Waals surface area contributed by atoms with Gasteiger partial charge in [0.05, 0.1) is 71.6 Å². The lowest BCUT2D eigenvalue weighted by Crippen LogP contribution is -2.47. The molecule has 28 heteroatoms. The molecule has 3 aliphatic heterocycles. The molecule has 3 aromatic carbocycles. The van der Waals surface area contributed by atoms with E-state index in [1.54, 1.807) is 57.4 Å². The Hall–Kier alpha value is -8.20. The largest absolute Gasteiger partial charge is 0.410 e. The molecular formula is C70H97F3N20O3Si2. The van der Waals surface area contributed by atoms with Crippen molar-refractivity contribution in [3.8, 4) is 23.7 Å². The zero-order valence-corrected chi connectivity index (χ0v) is 61.6. The van der Waals surface area contributed by atoms with Crippen molar-refractivity contribution < 1.29 is 27.1 Å². The maximum absolute atomic E-state index is 15.0. The van der Waals surface area contributed by atoms with Gasteiger partial charge in [-0.25, -0.2) is 22.5 Å². The minimum Gasteiger partial charge on any atom is -0.410 e. The van der Waals surface area contributed by atoms with Gasteiger partial charge in [-0.05, 0) is 136 Å². The first-order valence-electron chi connectivity index (χ1n) is 33.9. The van der Waals surface area contributed by atoms with E-state index in [1.165, 1.54) is 15.1 Å². The Bertz CT molecular complexity index is 4400. The first kappa shape index (κ1) is 72.5. The van der Waals surface area contributed by atoms with Crippen molar-refractivity contribution in [1.29, 1.82) is 0 Å². The lowest BCUT2D eigenvalue weighted by atomic mass is 10.1. The molecule has 3 fully saturated rings. The summed E-state index contributed by atoms with van der Waals surface area (Å²) >= 11 is 0. The van der Waals surface area contributed by atoms with Gasteiger partial charge < -0.3 is 45.4 Å². The Morgan fingerprint density at radius 2 is 0.878 bits per heavy atom. The number of nitrogens with zero attached hydrogens (tertiary/aromatic N) is 17. The maximum atomic E-state index is 15.0. The summed E-state index contributed by atoms with van der Waals surface area (Å²) in [6.45, 7) is 44.2. The molecule has 6 N–H and O–H groups in total. The van der Waals surface area contributed by atoms with Crippen LogP contribution in [0.15, 0.2) is 67.0 Å². The van der Waals surface area contributed by atoms with Gasteiger partial charge in [-0.1, -0.05) is 71.6 Å². The fourth-order valence-corrected chi connectivity index (χ4v) is 14.6. The highest BCUT2D eigenvalue weighted by atomic mass is 28.4. The summed E-state index contributed by atoms with van der Waals surface area (Å²) in [7, 11) is -3.78. The molecular weight excluding hydrogens is 1280 g/mol. The van der Waals surface area contributed by atoms with E-state index in [4.69, 9.17) is 20.3 Å². The molecule has 0 radical (unpaired) electrons. The first-order valence-corrected chi connectivity index (χ1v) is 39.7. The Balaban J connectivity index is 0.000000166. The van der Waals surface area contributed by atoms with Crippen LogP contribution in [0.25, 0.3) is 33.4 Å². The molecule has 0 bridgehead atoms. The van der Waals surface area contributed by atoms with Gasteiger partial charge in [-0.15, -0.1) is 10.2 Å². The van der Waals surface area contributed by atoms with Crippen molar-refractivity contribution in [3.05, 3.63) is 113 Å². The molecule has 524 valence electrons. The number of nitrogen functional groups attached to an aromatic ring is 2. The molecule has 0 saturated carbocycles. The zero-order chi connectivity index (χ0) is 70.6. The fourth-order valence-electron chi connectivity index (χ4n) is 11.8. The van der Waals surface area contributed by atoms with Crippen LogP contribution >= 0.6 is 0 Å². The number of rotatable bonds is 16. The van der Waals surface area contributed by atoms with E-state index in [2.05, 4.69) is 171 Å². The van der Waals surface area contributed by atoms with Crippen LogP contribution in [0, 0.1) is 41.1 Å². The van der Waals surface area contributed by atoms with E-state index in [9.17, 15) is 18.3 Å². The highest BCUT2D eigenvalue weighted by molar-refractivity contribution is 6.74. The third kappa shape index (κ3) is 16.4. The predicted octanol–water partition coefficient (Wildman–Crippen LogP) is 10.2. The van der Waals surface area contributed by atoms with Gasteiger partial charge in [0.15, 0.2) is 39.2 Å². The van der Waals surface area contributed by atoms with E-state index < -0.39 is 22.7 Å². The highest BCUT2D eigenvalue weighted by Gasteiger charge is 2.40. The van der Waals surface area contributed by atoms with E-state index in [0.717, 1.165) is 100 Å². The lowest BCUT2D eigenvalue weighted by molar-refractivity contribution is 0.199. The van der Waals surface area contributed by atoms with Gasteiger partial charge >= 0.3 is 0 Å². The molecule has 3 aliphatic rings. The molecule has 0 spiro atoms. The van der Waals surface area contributed by atoms with Gasteiger partial charge in [-0.2, -0.15) is 39.2 Å². The van der Waals surface area contributed by atoms with Gasteiger partial charge in [0, 0.05) is 91.6 Å². The third-order valence-corrected chi connectivity index (χ3v) is 28.8. The summed E-state index contributed by atoms with van der Waals surface area (Å²) in [5, 5.41) is 32.6. The molecule has 98 heavy (non-hydrogen) atoms. The van der Waals surface area contributed by atoms with E-state index in [1.807, 2.05) is 38.5 Å². The van der Waals surface area contributed by atoms with Crippen molar-refractivity contribution in [2.45, 2.75) is 144 Å². The van der Waals surface area contributed by atoms with Crippen LogP contribution in [0.4, 0.5) is 42.1 Å². The number of aliphatic hydroxyl groups is 1. The Morgan fingerprint density at radius 3 is 1.23 bits per heavy atom. The summed E-state index contributed by atoms with van der Waals surface area (Å²) in [6.07, 6.45) is 2.74. The summed E-state index contributed by atoms with van der Waals surface area (Å²) in [6, 6.07) is 15.6. The van der Waals surface area contributed by atoms with Gasteiger partial charge in [-0.3, -0.25) is 9.80 Å². The molecule has 6 aromatic heterocycles. The lowest BCUT2D eigenvalue weighted by Gasteiger charge is -2.39. The van der Waals surface area contributed by atoms with Crippen LogP contribution in [-0.2, 0) is 21.9 Å². The quantitative estimate of drug-likeness (QED) is 0.0519. The van der Waals surface area contributed by atoms with Crippen LogP contribution in [0.2, 0.25) is 36.3 Å². The van der Waals surface area contributed by atoms with Crippen LogP contribution in [-0.4, -0.2) is 182 Å². The molecule has 0 amide bonds. The van der Waals surface area contributed by atoms with Gasteiger partial charge in [0.25, 0.3) is 0 Å². The standard InChI is InChI=1S/C29H40FN9OSi.C23H26FN9O.C18H31FN2OSi/c1-8-9-25-33-27-22-19-32-38(26(22)34-28(31)39(27)35-25)17-14-36-12-15-37(16-13-36)24-18-21(10-11-23(24)30)20(2)40-41(6,7)29(3,4)5;1-3-4-20-27-22-17-14-26-32(21(17)28-23(25)33(22)29-20)12-9-30-7-10-31(11-8-30)19-13-16(15(2)34)5-6-18(19)24;1-14(22-23(5,6)18(2,3)4)15-7-8-16(19)17(13-15)21-11-9-20-10-12-21/h10-11,18-20H,12-17H2,1-7H3,(H2,31,34);5-6,13-15,34H,7-12H2,1-2H3,(H2,25,28);7-8,13-14,20H,9-12H2,1-6H3/t20-;15-;14-/m000/s1. The van der Waals surface area contributed by atoms with Crippen LogP contribution in [0.3, 0.4) is 0 Å². The van der Waals surface area contributed by atoms with E-state index in [-0.39, 0.29) is 51.6 Å². The average Bonchev–Trinajstić information content (AvgIpc) is 1.60. The second-order valence-corrected chi connectivity index (χ2v) is 38.0. The van der Waals surface area contributed by atoms with Gasteiger partial charge in [0.1, 0.15) is 17.5 Å². The smallest absolute Gasteiger partial charge is 0.226 e. The topological polar surface area (TPSA) is 241 Å². The number of hydrogen-bond acceptors (Lipinski definition) is 19. The van der Waals surface area contributed by atoms with Crippen LogP contribution < -0.4 is 31.5 Å². The van der Waals surface area contributed by atoms with E-state index in [0.29, 0.717) is 83.0 Å². The average molecular weight is 1380 g/mol. The normalized spacial score (nSPS) is 16.3. The molecule has 0 aliphatic carbocycles. The first-order chi connectivity index (χ1) is 46.4. The predicted molar refractivity (Wildman–Crippen MR) is 388 cm³/mol. The Kier molecular flexibility index (Phi) is 22.3. The molecule has 3 atom stereocenters. The van der Waals surface area contributed by atoms with Crippen LogP contribution in [0.5, 0.6) is 0 Å². The highest BCUT2D eigenvalue weighted by Crippen LogP contribution is 2.42. The monoisotopic (exact) mass is 1380 g/mol. The van der Waals surface area contributed by atoms with Gasteiger partial charge in [0.2, 0.25) is 23.5 Å². The minimum absolute atomic E-state index is 0.0156. The van der Waals surface area contributed by atoms with Crippen molar-refractivity contribution in [3.63, 3.8) is 0 Å². The Morgan fingerprint density at radius 1 is 0.520 bits per heavy atom. The Labute approximate surface area is 575 Å². The molecule has 3 saturated heterocycles. The minimum atomic E-state index is -1.94. The van der Waals surface area contributed by atoms with Crippen molar-refractivity contribution >= 4 is 79.0 Å². The number of hydrogen-bond donors (Lipinski definition) is 4. The number of anilines is 5. The van der Waals surface area contributed by atoms with Crippen LogP contribution in [0.1, 0.15) is 123 Å². The number of fused-ring (bicyclic) bond motifs is 6. The number of piperazine rings is 3. The molecule has 9 aromatic rings. The molecule has 9 heterocycles. The maximum Gasteiger partial charge on any atom is 0.226 e. The summed E-state index contributed by atoms with van der Waals surface area (Å²) in [5.74, 6) is 12.0. The van der Waals surface area contributed by atoms with Crippen molar-refractivity contribution in [1.82, 2.24) is 73.8 Å². The second-order valence-electron chi connectivity index (χ2n) is 28.5. The fraction of sp³-hybridized carbons (Fsp3) is 0.514.